The van der Waals surface area contributed by atoms with E-state index in [1.165, 1.54) is 12.3 Å². The van der Waals surface area contributed by atoms with E-state index in [9.17, 15) is 14.7 Å². The smallest absolute Gasteiger partial charge is 0.343 e. The number of rotatable bonds is 7. The number of nitrogens with zero attached hydrogens (tertiary/aromatic N) is 2. The van der Waals surface area contributed by atoms with E-state index in [-0.39, 0.29) is 23.5 Å². The molecule has 1 N–H and O–H groups in total. The molecule has 2 heterocycles. The molecule has 2 aromatic rings. The van der Waals surface area contributed by atoms with Crippen molar-refractivity contribution in [3.8, 4) is 22.8 Å². The Morgan fingerprint density at radius 3 is 2.45 bits per heavy atom. The third-order valence-electron chi connectivity index (χ3n) is 5.09. The van der Waals surface area contributed by atoms with Crippen LogP contribution >= 0.6 is 0 Å². The summed E-state index contributed by atoms with van der Waals surface area (Å²) in [5.74, 6) is -0.262. The van der Waals surface area contributed by atoms with Crippen LogP contribution in [0.3, 0.4) is 0 Å². The van der Waals surface area contributed by atoms with Crippen molar-refractivity contribution in [2.24, 2.45) is 0 Å². The summed E-state index contributed by atoms with van der Waals surface area (Å²) in [5.41, 5.74) is 1.46. The SMILES string of the molecule is CC.CCOC(=O)c1cn2c(cc1=O)-c1cc(O)c(OCCCOC)cc1CN2C(C)(C)C. The van der Waals surface area contributed by atoms with Gasteiger partial charge in [0, 0.05) is 43.5 Å². The van der Waals surface area contributed by atoms with Gasteiger partial charge in [0.1, 0.15) is 5.56 Å². The van der Waals surface area contributed by atoms with Crippen molar-refractivity contribution in [3.63, 3.8) is 0 Å². The minimum absolute atomic E-state index is 0.00570. The number of hydrogen-bond acceptors (Lipinski definition) is 7. The molecule has 0 aliphatic carbocycles. The number of pyridine rings is 1. The maximum absolute atomic E-state index is 12.7. The molecule has 0 fully saturated rings. The van der Waals surface area contributed by atoms with Crippen LogP contribution in [0.5, 0.6) is 11.5 Å². The summed E-state index contributed by atoms with van der Waals surface area (Å²) in [6.07, 6.45) is 2.23. The number of carbonyl (C=O) groups is 1. The summed E-state index contributed by atoms with van der Waals surface area (Å²) in [4.78, 5) is 25.0. The third-order valence-corrected chi connectivity index (χ3v) is 5.09. The first kappa shape index (κ1) is 26.3. The Morgan fingerprint density at radius 1 is 1.15 bits per heavy atom. The van der Waals surface area contributed by atoms with Gasteiger partial charge in [-0.05, 0) is 45.4 Å². The van der Waals surface area contributed by atoms with Crippen LogP contribution in [0, 0.1) is 0 Å². The lowest BCUT2D eigenvalue weighted by Gasteiger charge is -2.43. The average molecular weight is 461 g/mol. The van der Waals surface area contributed by atoms with Crippen LogP contribution in [0.15, 0.2) is 29.2 Å². The van der Waals surface area contributed by atoms with Crippen LogP contribution in [0.1, 0.15) is 63.9 Å². The van der Waals surface area contributed by atoms with Crippen molar-refractivity contribution < 1.29 is 24.1 Å². The Morgan fingerprint density at radius 2 is 1.85 bits per heavy atom. The van der Waals surface area contributed by atoms with Gasteiger partial charge in [-0.1, -0.05) is 13.8 Å². The van der Waals surface area contributed by atoms with Gasteiger partial charge in [-0.15, -0.1) is 0 Å². The molecule has 33 heavy (non-hydrogen) atoms. The van der Waals surface area contributed by atoms with Gasteiger partial charge in [-0.3, -0.25) is 9.47 Å². The van der Waals surface area contributed by atoms with Crippen molar-refractivity contribution in [3.05, 3.63) is 45.7 Å². The average Bonchev–Trinajstić information content (AvgIpc) is 2.77. The summed E-state index contributed by atoms with van der Waals surface area (Å²) >= 11 is 0. The van der Waals surface area contributed by atoms with E-state index in [1.54, 1.807) is 24.8 Å². The fourth-order valence-corrected chi connectivity index (χ4v) is 3.57. The number of fused-ring (bicyclic) bond motifs is 3. The minimum Gasteiger partial charge on any atom is -0.504 e. The molecule has 182 valence electrons. The number of phenols is 1. The highest BCUT2D eigenvalue weighted by molar-refractivity contribution is 5.89. The largest absolute Gasteiger partial charge is 0.504 e. The van der Waals surface area contributed by atoms with Crippen LogP contribution in [0.4, 0.5) is 0 Å². The second kappa shape index (κ2) is 11.2. The molecule has 3 rings (SSSR count). The van der Waals surface area contributed by atoms with Gasteiger partial charge in [0.05, 0.1) is 25.5 Å². The van der Waals surface area contributed by atoms with Crippen molar-refractivity contribution >= 4 is 5.97 Å². The molecule has 0 bridgehead atoms. The first-order valence-electron chi connectivity index (χ1n) is 11.4. The van der Waals surface area contributed by atoms with Gasteiger partial charge in [0.25, 0.3) is 0 Å². The topological polar surface area (TPSA) is 90.2 Å². The third kappa shape index (κ3) is 5.87. The fourth-order valence-electron chi connectivity index (χ4n) is 3.57. The van der Waals surface area contributed by atoms with Crippen LogP contribution in [-0.2, 0) is 16.0 Å². The van der Waals surface area contributed by atoms with Crippen LogP contribution in [-0.4, -0.2) is 48.2 Å². The molecule has 0 saturated heterocycles. The highest BCUT2D eigenvalue weighted by atomic mass is 16.5. The zero-order chi connectivity index (χ0) is 24.8. The van der Waals surface area contributed by atoms with E-state index in [0.717, 1.165) is 11.1 Å². The van der Waals surface area contributed by atoms with E-state index < -0.39 is 11.4 Å². The number of carbonyl (C=O) groups excluding carboxylic acids is 1. The lowest BCUT2D eigenvalue weighted by atomic mass is 9.97. The van der Waals surface area contributed by atoms with Crippen LogP contribution in [0.2, 0.25) is 0 Å². The molecule has 0 atom stereocenters. The number of aromatic hydroxyl groups is 1. The predicted molar refractivity (Wildman–Crippen MR) is 129 cm³/mol. The number of hydrogen-bond donors (Lipinski definition) is 1. The molecule has 0 saturated carbocycles. The summed E-state index contributed by atoms with van der Waals surface area (Å²) in [7, 11) is 1.63. The first-order valence-corrected chi connectivity index (χ1v) is 11.4. The molecule has 1 aliphatic rings. The first-order chi connectivity index (χ1) is 15.7. The Bertz CT molecular complexity index is 1020. The zero-order valence-corrected chi connectivity index (χ0v) is 20.7. The van der Waals surface area contributed by atoms with Gasteiger partial charge in [-0.25, -0.2) is 4.79 Å². The second-order valence-electron chi connectivity index (χ2n) is 8.40. The van der Waals surface area contributed by atoms with Gasteiger partial charge >= 0.3 is 5.97 Å². The molecule has 1 aromatic heterocycles. The summed E-state index contributed by atoms with van der Waals surface area (Å²) in [6.45, 7) is 13.5. The molecule has 0 amide bonds. The van der Waals surface area contributed by atoms with E-state index in [0.29, 0.717) is 37.6 Å². The van der Waals surface area contributed by atoms with Crippen LogP contribution in [0.25, 0.3) is 11.3 Å². The molecule has 8 nitrogen and oxygen atoms in total. The number of phenolic OH excluding ortho intramolecular Hbond substituents is 1. The molecular weight excluding hydrogens is 424 g/mol. The van der Waals surface area contributed by atoms with E-state index in [2.05, 4.69) is 5.01 Å². The Kier molecular flexibility index (Phi) is 8.93. The van der Waals surface area contributed by atoms with E-state index in [1.807, 2.05) is 40.7 Å². The Balaban J connectivity index is 0.00000187. The van der Waals surface area contributed by atoms with Gasteiger partial charge in [0.2, 0.25) is 0 Å². The molecule has 0 spiro atoms. The van der Waals surface area contributed by atoms with Gasteiger partial charge in [-0.2, -0.15) is 0 Å². The number of benzene rings is 1. The lowest BCUT2D eigenvalue weighted by Crippen LogP contribution is -2.51. The maximum Gasteiger partial charge on any atom is 0.343 e. The van der Waals surface area contributed by atoms with Crippen LogP contribution < -0.4 is 15.2 Å². The fraction of sp³-hybridized carbons (Fsp3) is 0.520. The zero-order valence-electron chi connectivity index (χ0n) is 20.7. The van der Waals surface area contributed by atoms with Gasteiger partial charge < -0.3 is 24.3 Å². The maximum atomic E-state index is 12.7. The molecular formula is C25H36N2O6. The number of esters is 1. The molecule has 0 radical (unpaired) electrons. The highest BCUT2D eigenvalue weighted by Crippen LogP contribution is 2.39. The molecule has 1 aromatic carbocycles. The van der Waals surface area contributed by atoms with Crippen molar-refractivity contribution in [2.75, 3.05) is 31.9 Å². The lowest BCUT2D eigenvalue weighted by molar-refractivity contribution is 0.0523. The Labute approximate surface area is 195 Å². The minimum atomic E-state index is -0.648. The quantitative estimate of drug-likeness (QED) is 0.492. The van der Waals surface area contributed by atoms with Gasteiger partial charge in [0.15, 0.2) is 16.9 Å². The number of ether oxygens (including phenoxy) is 3. The summed E-state index contributed by atoms with van der Waals surface area (Å²) in [6, 6.07) is 4.83. The highest BCUT2D eigenvalue weighted by Gasteiger charge is 2.31. The number of aromatic nitrogens is 1. The normalized spacial score (nSPS) is 12.3. The summed E-state index contributed by atoms with van der Waals surface area (Å²) in [5, 5.41) is 12.6. The molecule has 8 heteroatoms. The van der Waals surface area contributed by atoms with Crippen molar-refractivity contribution in [2.45, 2.75) is 60.0 Å². The Hall–Kier alpha value is -3.00. The number of methoxy groups -OCH3 is 1. The standard InChI is InChI=1S/C23H30N2O6.C2H6/c1-6-30-22(28)17-14-24-18(12-19(17)26)16-11-20(27)21(31-9-7-8-29-5)10-15(16)13-25(24)23(2,3)4;1-2/h10-12,14,27H,6-9,13H2,1-5H3;1-2H3. The second-order valence-corrected chi connectivity index (χ2v) is 8.40. The predicted octanol–water partition coefficient (Wildman–Crippen LogP) is 4.09. The monoisotopic (exact) mass is 460 g/mol. The molecule has 1 aliphatic heterocycles. The summed E-state index contributed by atoms with van der Waals surface area (Å²) < 4.78 is 17.6. The van der Waals surface area contributed by atoms with Crippen molar-refractivity contribution in [1.29, 1.82) is 0 Å². The molecule has 0 unspecified atom stereocenters. The van der Waals surface area contributed by atoms with E-state index in [4.69, 9.17) is 14.2 Å². The van der Waals surface area contributed by atoms with Crippen molar-refractivity contribution in [1.82, 2.24) is 4.68 Å². The van der Waals surface area contributed by atoms with E-state index >= 15 is 0 Å².